The quantitative estimate of drug-likeness (QED) is 0.666. The van der Waals surface area contributed by atoms with Crippen LogP contribution in [0, 0.1) is 0 Å². The number of nitrogens with one attached hydrogen (secondary N) is 1. The van der Waals surface area contributed by atoms with Gasteiger partial charge in [0.15, 0.2) is 0 Å². The van der Waals surface area contributed by atoms with E-state index < -0.39 is 10.2 Å². The maximum Gasteiger partial charge on any atom is 0.279 e. The van der Waals surface area contributed by atoms with Gasteiger partial charge in [-0.05, 0) is 19.3 Å². The third-order valence-corrected chi connectivity index (χ3v) is 4.17. The predicted molar refractivity (Wildman–Crippen MR) is 56.0 cm³/mol. The Morgan fingerprint density at radius 3 is 2.43 bits per heavy atom. The molecule has 0 aromatic heterocycles. The van der Waals surface area contributed by atoms with Gasteiger partial charge in [0.1, 0.15) is 0 Å². The molecule has 0 radical (unpaired) electrons. The maximum absolute atomic E-state index is 11.7. The molecule has 0 bridgehead atoms. The minimum absolute atomic E-state index is 0.138. The van der Waals surface area contributed by atoms with Crippen molar-refractivity contribution in [2.24, 2.45) is 5.73 Å². The molecule has 3 N–H and O–H groups in total. The molecule has 1 aliphatic rings. The Bertz CT molecular complexity index is 256. The van der Waals surface area contributed by atoms with Crippen LogP contribution in [-0.4, -0.2) is 38.4 Å². The molecular formula is C8H19N3O2S. The molecule has 0 aromatic rings. The van der Waals surface area contributed by atoms with Gasteiger partial charge in [0.05, 0.1) is 0 Å². The molecule has 5 nitrogen and oxygen atoms in total. The first-order valence-corrected chi connectivity index (χ1v) is 6.51. The third-order valence-electron chi connectivity index (χ3n) is 2.50. The maximum atomic E-state index is 11.7. The summed E-state index contributed by atoms with van der Waals surface area (Å²) in [5, 5.41) is 0. The van der Waals surface area contributed by atoms with Gasteiger partial charge in [0, 0.05) is 25.7 Å². The first-order valence-electron chi connectivity index (χ1n) is 5.07. The average Bonchev–Trinajstić information content (AvgIpc) is 2.67. The first kappa shape index (κ1) is 11.9. The van der Waals surface area contributed by atoms with Gasteiger partial charge in [-0.25, -0.2) is 0 Å². The standard InChI is InChI=1S/C8H19N3O2S/c1-2-8(7-9)10-14(12,13)11-5-3-4-6-11/h8,10H,2-7,9H2,1H3. The Morgan fingerprint density at radius 1 is 1.43 bits per heavy atom. The minimum atomic E-state index is -3.28. The zero-order chi connectivity index (χ0) is 10.6. The number of nitrogens with two attached hydrogens (primary N) is 1. The zero-order valence-corrected chi connectivity index (χ0v) is 9.39. The summed E-state index contributed by atoms with van der Waals surface area (Å²) >= 11 is 0. The fourth-order valence-corrected chi connectivity index (χ4v) is 3.08. The number of hydrogen-bond acceptors (Lipinski definition) is 3. The van der Waals surface area contributed by atoms with Crippen LogP contribution in [0.3, 0.4) is 0 Å². The summed E-state index contributed by atoms with van der Waals surface area (Å²) in [7, 11) is -3.28. The van der Waals surface area contributed by atoms with Crippen LogP contribution in [0.1, 0.15) is 26.2 Å². The first-order chi connectivity index (χ1) is 6.60. The Balaban J connectivity index is 2.56. The minimum Gasteiger partial charge on any atom is -0.329 e. The zero-order valence-electron chi connectivity index (χ0n) is 8.57. The highest BCUT2D eigenvalue weighted by Gasteiger charge is 2.26. The number of hydrogen-bond donors (Lipinski definition) is 2. The van der Waals surface area contributed by atoms with Gasteiger partial charge in [-0.1, -0.05) is 6.92 Å². The molecule has 1 fully saturated rings. The lowest BCUT2D eigenvalue weighted by atomic mass is 10.2. The number of rotatable bonds is 5. The second-order valence-electron chi connectivity index (χ2n) is 3.57. The normalized spacial score (nSPS) is 21.3. The molecule has 1 heterocycles. The Morgan fingerprint density at radius 2 is 2.00 bits per heavy atom. The molecule has 0 aliphatic carbocycles. The summed E-state index contributed by atoms with van der Waals surface area (Å²) in [6, 6.07) is -0.138. The fourth-order valence-electron chi connectivity index (χ4n) is 1.51. The lowest BCUT2D eigenvalue weighted by Crippen LogP contribution is -2.46. The van der Waals surface area contributed by atoms with Crippen molar-refractivity contribution in [1.29, 1.82) is 0 Å². The van der Waals surface area contributed by atoms with Crippen LogP contribution in [-0.2, 0) is 10.2 Å². The van der Waals surface area contributed by atoms with Gasteiger partial charge in [0.2, 0.25) is 0 Å². The third kappa shape index (κ3) is 2.91. The summed E-state index contributed by atoms with van der Waals surface area (Å²) in [6.07, 6.45) is 2.64. The monoisotopic (exact) mass is 221 g/mol. The molecule has 14 heavy (non-hydrogen) atoms. The van der Waals surface area contributed by atoms with Crippen molar-refractivity contribution in [2.45, 2.75) is 32.2 Å². The highest BCUT2D eigenvalue weighted by molar-refractivity contribution is 7.87. The van der Waals surface area contributed by atoms with E-state index in [1.165, 1.54) is 4.31 Å². The van der Waals surface area contributed by atoms with Crippen LogP contribution in [0.15, 0.2) is 0 Å². The summed E-state index contributed by atoms with van der Waals surface area (Å²) in [5.74, 6) is 0. The molecule has 1 unspecified atom stereocenters. The fraction of sp³-hybridized carbons (Fsp3) is 1.00. The van der Waals surface area contributed by atoms with Crippen LogP contribution in [0.25, 0.3) is 0 Å². The van der Waals surface area contributed by atoms with E-state index in [4.69, 9.17) is 5.73 Å². The molecule has 0 spiro atoms. The highest BCUT2D eigenvalue weighted by atomic mass is 32.2. The summed E-state index contributed by atoms with van der Waals surface area (Å²) < 4.78 is 27.5. The lowest BCUT2D eigenvalue weighted by molar-refractivity contribution is 0.449. The van der Waals surface area contributed by atoms with Gasteiger partial charge >= 0.3 is 0 Å². The molecule has 1 atom stereocenters. The van der Waals surface area contributed by atoms with Crippen molar-refractivity contribution in [2.75, 3.05) is 19.6 Å². The second kappa shape index (κ2) is 5.06. The van der Waals surface area contributed by atoms with Gasteiger partial charge in [-0.3, -0.25) is 0 Å². The lowest BCUT2D eigenvalue weighted by Gasteiger charge is -2.20. The van der Waals surface area contributed by atoms with Crippen LogP contribution < -0.4 is 10.5 Å². The second-order valence-corrected chi connectivity index (χ2v) is 5.27. The van der Waals surface area contributed by atoms with E-state index in [1.54, 1.807) is 0 Å². The van der Waals surface area contributed by atoms with E-state index in [0.717, 1.165) is 19.3 Å². The van der Waals surface area contributed by atoms with Crippen LogP contribution in [0.5, 0.6) is 0 Å². The van der Waals surface area contributed by atoms with E-state index in [0.29, 0.717) is 19.6 Å². The van der Waals surface area contributed by atoms with Crippen molar-refractivity contribution in [3.05, 3.63) is 0 Å². The van der Waals surface area contributed by atoms with Crippen LogP contribution in [0.4, 0.5) is 0 Å². The summed E-state index contributed by atoms with van der Waals surface area (Å²) in [4.78, 5) is 0. The Kier molecular flexibility index (Phi) is 4.31. The highest BCUT2D eigenvalue weighted by Crippen LogP contribution is 2.11. The molecule has 0 saturated carbocycles. The average molecular weight is 221 g/mol. The molecular weight excluding hydrogens is 202 g/mol. The van der Waals surface area contributed by atoms with E-state index in [-0.39, 0.29) is 6.04 Å². The topological polar surface area (TPSA) is 75.4 Å². The number of nitrogens with zero attached hydrogens (tertiary/aromatic N) is 1. The van der Waals surface area contributed by atoms with E-state index in [1.807, 2.05) is 6.92 Å². The van der Waals surface area contributed by atoms with Gasteiger partial charge in [-0.2, -0.15) is 17.4 Å². The molecule has 6 heteroatoms. The molecule has 1 aliphatic heterocycles. The SMILES string of the molecule is CCC(CN)NS(=O)(=O)N1CCCC1. The van der Waals surface area contributed by atoms with Gasteiger partial charge < -0.3 is 5.73 Å². The smallest absolute Gasteiger partial charge is 0.279 e. The molecule has 0 amide bonds. The molecule has 0 aromatic carbocycles. The van der Waals surface area contributed by atoms with E-state index in [2.05, 4.69) is 4.72 Å². The predicted octanol–water partition coefficient (Wildman–Crippen LogP) is -0.346. The van der Waals surface area contributed by atoms with E-state index >= 15 is 0 Å². The van der Waals surface area contributed by atoms with E-state index in [9.17, 15) is 8.42 Å². The molecule has 1 saturated heterocycles. The largest absolute Gasteiger partial charge is 0.329 e. The van der Waals surface area contributed by atoms with Crippen molar-refractivity contribution in [3.63, 3.8) is 0 Å². The summed E-state index contributed by atoms with van der Waals surface area (Å²) in [5.41, 5.74) is 5.44. The molecule has 84 valence electrons. The van der Waals surface area contributed by atoms with Crippen molar-refractivity contribution in [1.82, 2.24) is 9.03 Å². The summed E-state index contributed by atoms with van der Waals surface area (Å²) in [6.45, 7) is 3.54. The van der Waals surface area contributed by atoms with Gasteiger partial charge in [-0.15, -0.1) is 0 Å². The van der Waals surface area contributed by atoms with Crippen molar-refractivity contribution in [3.8, 4) is 0 Å². The van der Waals surface area contributed by atoms with Crippen LogP contribution in [0.2, 0.25) is 0 Å². The van der Waals surface area contributed by atoms with Gasteiger partial charge in [0.25, 0.3) is 10.2 Å². The van der Waals surface area contributed by atoms with Crippen molar-refractivity contribution < 1.29 is 8.42 Å². The Labute approximate surface area is 85.8 Å². The molecule has 1 rings (SSSR count). The van der Waals surface area contributed by atoms with Crippen molar-refractivity contribution >= 4 is 10.2 Å². The van der Waals surface area contributed by atoms with Crippen LogP contribution >= 0.6 is 0 Å². The Hall–Kier alpha value is -0.170.